The van der Waals surface area contributed by atoms with Gasteiger partial charge >= 0.3 is 5.97 Å². The molecule has 0 aromatic heterocycles. The SMILES string of the molecule is CC(C)(C)[Si](C)(C)OCCCCCCCCCCCCCCCC(=O)O. The van der Waals surface area contributed by atoms with Crippen molar-refractivity contribution in [3.05, 3.63) is 0 Å². The summed E-state index contributed by atoms with van der Waals surface area (Å²) in [4.78, 5) is 10.4. The first-order valence-electron chi connectivity index (χ1n) is 11.0. The van der Waals surface area contributed by atoms with E-state index < -0.39 is 14.3 Å². The van der Waals surface area contributed by atoms with Crippen molar-refractivity contribution in [2.45, 2.75) is 129 Å². The molecule has 0 rings (SSSR count). The lowest BCUT2D eigenvalue weighted by Crippen LogP contribution is -2.40. The van der Waals surface area contributed by atoms with Gasteiger partial charge in [-0.3, -0.25) is 4.79 Å². The minimum Gasteiger partial charge on any atom is -0.481 e. The predicted molar refractivity (Wildman–Crippen MR) is 115 cm³/mol. The first kappa shape index (κ1) is 25.6. The Morgan fingerprint density at radius 1 is 0.731 bits per heavy atom. The summed E-state index contributed by atoms with van der Waals surface area (Å²) in [6.07, 6.45) is 16.8. The van der Waals surface area contributed by atoms with Gasteiger partial charge in [0.2, 0.25) is 0 Å². The molecule has 0 aromatic rings. The van der Waals surface area contributed by atoms with Gasteiger partial charge in [0, 0.05) is 13.0 Å². The van der Waals surface area contributed by atoms with Crippen molar-refractivity contribution in [2.75, 3.05) is 6.61 Å². The number of hydrogen-bond donors (Lipinski definition) is 1. The van der Waals surface area contributed by atoms with E-state index in [4.69, 9.17) is 9.53 Å². The maximum Gasteiger partial charge on any atom is 0.303 e. The second-order valence-electron chi connectivity index (χ2n) is 9.35. The predicted octanol–water partition coefficient (Wildman–Crippen LogP) is 7.55. The highest BCUT2D eigenvalue weighted by Crippen LogP contribution is 2.36. The summed E-state index contributed by atoms with van der Waals surface area (Å²) in [7, 11) is -1.54. The van der Waals surface area contributed by atoms with E-state index in [0.29, 0.717) is 11.5 Å². The molecule has 0 heterocycles. The third kappa shape index (κ3) is 14.8. The first-order chi connectivity index (χ1) is 12.2. The van der Waals surface area contributed by atoms with Crippen molar-refractivity contribution in [1.29, 1.82) is 0 Å². The molecule has 0 spiro atoms. The zero-order chi connectivity index (χ0) is 19.9. The Morgan fingerprint density at radius 3 is 1.42 bits per heavy atom. The number of carboxylic acid groups (broad SMARTS) is 1. The van der Waals surface area contributed by atoms with Crippen molar-refractivity contribution in [2.24, 2.45) is 0 Å². The van der Waals surface area contributed by atoms with Crippen LogP contribution in [0.3, 0.4) is 0 Å². The monoisotopic (exact) mass is 386 g/mol. The second kappa shape index (κ2) is 14.7. The fraction of sp³-hybridized carbons (Fsp3) is 0.955. The molecular weight excluding hydrogens is 340 g/mol. The van der Waals surface area contributed by atoms with E-state index in [9.17, 15) is 4.79 Å². The molecule has 0 aliphatic carbocycles. The third-order valence-electron chi connectivity index (χ3n) is 5.80. The standard InChI is InChI=1S/C22H46O3Si/c1-22(2,3)26(4,5)25-20-18-16-14-12-10-8-6-7-9-11-13-15-17-19-21(23)24/h6-20H2,1-5H3,(H,23,24). The molecule has 3 nitrogen and oxygen atoms in total. The zero-order valence-corrected chi connectivity index (χ0v) is 19.4. The van der Waals surface area contributed by atoms with Crippen LogP contribution in [0.4, 0.5) is 0 Å². The van der Waals surface area contributed by atoms with E-state index in [2.05, 4.69) is 33.9 Å². The summed E-state index contributed by atoms with van der Waals surface area (Å²) in [6, 6.07) is 0. The van der Waals surface area contributed by atoms with Gasteiger partial charge in [-0.1, -0.05) is 91.4 Å². The van der Waals surface area contributed by atoms with Crippen molar-refractivity contribution in [1.82, 2.24) is 0 Å². The van der Waals surface area contributed by atoms with Crippen LogP contribution in [0.2, 0.25) is 18.1 Å². The summed E-state index contributed by atoms with van der Waals surface area (Å²) in [5.41, 5.74) is 0. The maximum atomic E-state index is 10.4. The highest BCUT2D eigenvalue weighted by molar-refractivity contribution is 6.74. The number of rotatable bonds is 17. The fourth-order valence-corrected chi connectivity index (χ4v) is 3.95. The third-order valence-corrected chi connectivity index (χ3v) is 10.3. The number of unbranched alkanes of at least 4 members (excludes halogenated alkanes) is 12. The topological polar surface area (TPSA) is 46.5 Å². The largest absolute Gasteiger partial charge is 0.481 e. The second-order valence-corrected chi connectivity index (χ2v) is 14.2. The van der Waals surface area contributed by atoms with E-state index in [1.54, 1.807) is 0 Å². The molecule has 0 amide bonds. The lowest BCUT2D eigenvalue weighted by atomic mass is 10.0. The van der Waals surface area contributed by atoms with Crippen LogP contribution in [0.1, 0.15) is 111 Å². The minimum absolute atomic E-state index is 0.325. The summed E-state index contributed by atoms with van der Waals surface area (Å²) in [5, 5.41) is 8.90. The number of hydrogen-bond acceptors (Lipinski definition) is 2. The molecule has 4 heteroatoms. The molecule has 0 bridgehead atoms. The normalized spacial score (nSPS) is 12.5. The van der Waals surface area contributed by atoms with Crippen LogP contribution in [0, 0.1) is 0 Å². The zero-order valence-electron chi connectivity index (χ0n) is 18.4. The highest BCUT2D eigenvalue weighted by Gasteiger charge is 2.36. The van der Waals surface area contributed by atoms with Crippen LogP contribution >= 0.6 is 0 Å². The van der Waals surface area contributed by atoms with Crippen molar-refractivity contribution >= 4 is 14.3 Å². The summed E-state index contributed by atoms with van der Waals surface area (Å²) in [6.45, 7) is 12.5. The molecule has 0 aromatic carbocycles. The van der Waals surface area contributed by atoms with Crippen molar-refractivity contribution in [3.63, 3.8) is 0 Å². The number of carbonyl (C=O) groups is 1. The van der Waals surface area contributed by atoms with Crippen LogP contribution in [-0.4, -0.2) is 26.0 Å². The van der Waals surface area contributed by atoms with Crippen molar-refractivity contribution in [3.8, 4) is 0 Å². The van der Waals surface area contributed by atoms with E-state index in [-0.39, 0.29) is 0 Å². The summed E-state index contributed by atoms with van der Waals surface area (Å²) >= 11 is 0. The van der Waals surface area contributed by atoms with Gasteiger partial charge in [0.15, 0.2) is 8.32 Å². The Labute approximate surface area is 164 Å². The van der Waals surface area contributed by atoms with Crippen molar-refractivity contribution < 1.29 is 14.3 Å². The van der Waals surface area contributed by atoms with Gasteiger partial charge in [0.1, 0.15) is 0 Å². The Balaban J connectivity index is 3.24. The van der Waals surface area contributed by atoms with Gasteiger partial charge in [0.05, 0.1) is 0 Å². The Kier molecular flexibility index (Phi) is 14.5. The first-order valence-corrected chi connectivity index (χ1v) is 13.9. The fourth-order valence-electron chi connectivity index (χ4n) is 2.87. The molecule has 26 heavy (non-hydrogen) atoms. The summed E-state index contributed by atoms with van der Waals surface area (Å²) < 4.78 is 6.22. The molecule has 0 saturated heterocycles. The molecular formula is C22H46O3Si. The van der Waals surface area contributed by atoms with Gasteiger partial charge in [-0.2, -0.15) is 0 Å². The smallest absolute Gasteiger partial charge is 0.303 e. The van der Waals surface area contributed by atoms with E-state index >= 15 is 0 Å². The lowest BCUT2D eigenvalue weighted by molar-refractivity contribution is -0.137. The molecule has 156 valence electrons. The number of carboxylic acids is 1. The maximum absolute atomic E-state index is 10.4. The molecule has 0 radical (unpaired) electrons. The summed E-state index contributed by atoms with van der Waals surface area (Å²) in [5.74, 6) is -0.659. The quantitative estimate of drug-likeness (QED) is 0.207. The number of aliphatic carboxylic acids is 1. The Bertz CT molecular complexity index is 348. The average molecular weight is 387 g/mol. The van der Waals surface area contributed by atoms with Gasteiger partial charge in [-0.25, -0.2) is 0 Å². The molecule has 0 saturated carbocycles. The van der Waals surface area contributed by atoms with Crippen LogP contribution < -0.4 is 0 Å². The Hall–Kier alpha value is -0.353. The minimum atomic E-state index is -1.54. The lowest BCUT2D eigenvalue weighted by Gasteiger charge is -2.36. The van der Waals surface area contributed by atoms with Crippen LogP contribution in [0.5, 0.6) is 0 Å². The van der Waals surface area contributed by atoms with Crippen LogP contribution in [0.15, 0.2) is 0 Å². The van der Waals surface area contributed by atoms with Gasteiger partial charge < -0.3 is 9.53 Å². The molecule has 1 N–H and O–H groups in total. The van der Waals surface area contributed by atoms with Gasteiger partial charge in [-0.15, -0.1) is 0 Å². The molecule has 0 atom stereocenters. The van der Waals surface area contributed by atoms with E-state index in [0.717, 1.165) is 19.4 Å². The molecule has 0 unspecified atom stereocenters. The van der Waals surface area contributed by atoms with E-state index in [1.807, 2.05) is 0 Å². The average Bonchev–Trinajstić information content (AvgIpc) is 2.53. The van der Waals surface area contributed by atoms with Crippen LogP contribution in [-0.2, 0) is 9.22 Å². The van der Waals surface area contributed by atoms with E-state index in [1.165, 1.54) is 70.6 Å². The highest BCUT2D eigenvalue weighted by atomic mass is 28.4. The molecule has 0 fully saturated rings. The molecule has 0 aliphatic rings. The van der Waals surface area contributed by atoms with Gasteiger partial charge in [-0.05, 0) is 31.0 Å². The van der Waals surface area contributed by atoms with Crippen LogP contribution in [0.25, 0.3) is 0 Å². The Morgan fingerprint density at radius 2 is 1.08 bits per heavy atom. The molecule has 0 aliphatic heterocycles. The van der Waals surface area contributed by atoms with Gasteiger partial charge in [0.25, 0.3) is 0 Å².